The maximum Gasteiger partial charge on any atom is 0.264 e. The predicted molar refractivity (Wildman–Crippen MR) is 176 cm³/mol. The first kappa shape index (κ1) is 32.8. The van der Waals surface area contributed by atoms with Crippen LogP contribution in [0.3, 0.4) is 0 Å². The van der Waals surface area contributed by atoms with E-state index >= 15 is 0 Å². The molecular formula is C35H38ClN3O4S. The number of hydrogen-bond donors (Lipinski definition) is 1. The molecule has 2 amide bonds. The van der Waals surface area contributed by atoms with Gasteiger partial charge >= 0.3 is 0 Å². The van der Waals surface area contributed by atoms with Gasteiger partial charge < -0.3 is 10.2 Å². The van der Waals surface area contributed by atoms with Crippen LogP contribution < -0.4 is 9.62 Å². The van der Waals surface area contributed by atoms with Crippen molar-refractivity contribution in [2.45, 2.75) is 51.6 Å². The first-order valence-corrected chi connectivity index (χ1v) is 16.3. The first-order chi connectivity index (χ1) is 21.0. The summed E-state index contributed by atoms with van der Waals surface area (Å²) in [4.78, 5) is 29.7. The lowest BCUT2D eigenvalue weighted by atomic mass is 10.0. The van der Waals surface area contributed by atoms with Gasteiger partial charge in [-0.05, 0) is 74.2 Å². The van der Waals surface area contributed by atoms with Crippen LogP contribution in [0.25, 0.3) is 0 Å². The zero-order chi connectivity index (χ0) is 31.9. The summed E-state index contributed by atoms with van der Waals surface area (Å²) in [6, 6.07) is 27.7. The summed E-state index contributed by atoms with van der Waals surface area (Å²) < 4.78 is 29.5. The molecule has 0 saturated heterocycles. The van der Waals surface area contributed by atoms with Crippen molar-refractivity contribution < 1.29 is 18.0 Å². The molecule has 230 valence electrons. The topological polar surface area (TPSA) is 86.8 Å². The molecular weight excluding hydrogens is 594 g/mol. The van der Waals surface area contributed by atoms with E-state index < -0.39 is 28.5 Å². The Hall–Kier alpha value is -4.14. The van der Waals surface area contributed by atoms with Crippen molar-refractivity contribution in [1.29, 1.82) is 0 Å². The second-order valence-electron chi connectivity index (χ2n) is 10.8. The van der Waals surface area contributed by atoms with Crippen LogP contribution in [0.15, 0.2) is 102 Å². The molecule has 0 aliphatic heterocycles. The molecule has 0 unspecified atom stereocenters. The summed E-state index contributed by atoms with van der Waals surface area (Å²) in [5.74, 6) is -0.833. The smallest absolute Gasteiger partial charge is 0.264 e. The van der Waals surface area contributed by atoms with E-state index in [-0.39, 0.29) is 23.8 Å². The normalized spacial score (nSPS) is 11.9. The summed E-state index contributed by atoms with van der Waals surface area (Å²) in [5.41, 5.74) is 4.51. The molecule has 4 aromatic carbocycles. The number of aryl methyl sites for hydroxylation is 3. The SMILES string of the molecule is CCNC(=O)[C@H](Cc1ccccc1)N(Cc1ccccc1C)C(=O)CN(c1cc(Cl)ccc1C)S(=O)(=O)c1ccc(C)cc1. The summed E-state index contributed by atoms with van der Waals surface area (Å²) in [6.07, 6.45) is 0.255. The monoisotopic (exact) mass is 631 g/mol. The van der Waals surface area contributed by atoms with Crippen molar-refractivity contribution in [2.24, 2.45) is 0 Å². The Bertz CT molecular complexity index is 1710. The number of sulfonamides is 1. The van der Waals surface area contributed by atoms with Gasteiger partial charge in [-0.2, -0.15) is 0 Å². The quantitative estimate of drug-likeness (QED) is 0.201. The fourth-order valence-electron chi connectivity index (χ4n) is 5.02. The van der Waals surface area contributed by atoms with Crippen molar-refractivity contribution in [3.05, 3.63) is 130 Å². The molecule has 0 aliphatic carbocycles. The number of amides is 2. The zero-order valence-corrected chi connectivity index (χ0v) is 27.0. The molecule has 0 saturated carbocycles. The van der Waals surface area contributed by atoms with Gasteiger partial charge in [0.1, 0.15) is 12.6 Å². The number of benzene rings is 4. The van der Waals surface area contributed by atoms with Crippen molar-refractivity contribution >= 4 is 39.1 Å². The van der Waals surface area contributed by atoms with E-state index in [2.05, 4.69) is 5.32 Å². The van der Waals surface area contributed by atoms with Crippen LogP contribution in [-0.4, -0.2) is 44.3 Å². The molecule has 44 heavy (non-hydrogen) atoms. The number of carbonyl (C=O) groups is 2. The Morgan fingerprint density at radius 1 is 0.841 bits per heavy atom. The Labute approximate surface area is 265 Å². The Morgan fingerprint density at radius 2 is 1.50 bits per heavy atom. The minimum Gasteiger partial charge on any atom is -0.355 e. The van der Waals surface area contributed by atoms with E-state index in [0.29, 0.717) is 22.8 Å². The molecule has 1 N–H and O–H groups in total. The van der Waals surface area contributed by atoms with Crippen LogP contribution in [-0.2, 0) is 32.6 Å². The Balaban J connectivity index is 1.83. The maximum atomic E-state index is 14.5. The number of rotatable bonds is 12. The van der Waals surface area contributed by atoms with E-state index in [9.17, 15) is 18.0 Å². The van der Waals surface area contributed by atoms with E-state index in [4.69, 9.17) is 11.6 Å². The van der Waals surface area contributed by atoms with Gasteiger partial charge in [-0.15, -0.1) is 0 Å². The number of nitrogens with one attached hydrogen (secondary N) is 1. The second kappa shape index (κ2) is 14.6. The molecule has 0 fully saturated rings. The molecule has 0 aliphatic rings. The first-order valence-electron chi connectivity index (χ1n) is 14.5. The lowest BCUT2D eigenvalue weighted by molar-refractivity contribution is -0.140. The summed E-state index contributed by atoms with van der Waals surface area (Å²) in [7, 11) is -4.21. The molecule has 0 heterocycles. The second-order valence-corrected chi connectivity index (χ2v) is 13.1. The molecule has 0 spiro atoms. The van der Waals surface area contributed by atoms with Gasteiger partial charge in [0.2, 0.25) is 11.8 Å². The number of carbonyl (C=O) groups excluding carboxylic acids is 2. The third kappa shape index (κ3) is 7.87. The third-order valence-electron chi connectivity index (χ3n) is 7.55. The molecule has 9 heteroatoms. The summed E-state index contributed by atoms with van der Waals surface area (Å²) in [6.45, 7) is 7.37. The number of nitrogens with zero attached hydrogens (tertiary/aromatic N) is 2. The van der Waals surface area contributed by atoms with Gasteiger partial charge in [-0.1, -0.05) is 90.0 Å². The fourth-order valence-corrected chi connectivity index (χ4v) is 6.66. The van der Waals surface area contributed by atoms with Crippen LogP contribution in [0.1, 0.15) is 34.7 Å². The van der Waals surface area contributed by atoms with Crippen molar-refractivity contribution in [1.82, 2.24) is 10.2 Å². The van der Waals surface area contributed by atoms with Crippen molar-refractivity contribution in [3.63, 3.8) is 0 Å². The summed E-state index contributed by atoms with van der Waals surface area (Å²) >= 11 is 6.35. The van der Waals surface area contributed by atoms with Crippen LogP contribution in [0.5, 0.6) is 0 Å². The number of anilines is 1. The van der Waals surface area contributed by atoms with Gasteiger partial charge in [0.15, 0.2) is 0 Å². The standard InChI is InChI=1S/C35H38ClN3O4S/c1-5-37-35(41)33(21-28-12-7-6-8-13-28)38(23-29-14-10-9-11-26(29)3)34(40)24-39(32-22-30(36)18-17-27(32)4)44(42,43)31-19-15-25(2)16-20-31/h6-20,22,33H,5,21,23-24H2,1-4H3,(H,37,41)/t33-/m0/s1. The van der Waals surface area contributed by atoms with Gasteiger partial charge in [-0.25, -0.2) is 8.42 Å². The Morgan fingerprint density at radius 3 is 2.16 bits per heavy atom. The van der Waals surface area contributed by atoms with Crippen LogP contribution >= 0.6 is 11.6 Å². The predicted octanol–water partition coefficient (Wildman–Crippen LogP) is 6.24. The largest absolute Gasteiger partial charge is 0.355 e. The van der Waals surface area contributed by atoms with E-state index in [1.807, 2.05) is 75.4 Å². The van der Waals surface area contributed by atoms with Crippen LogP contribution in [0.2, 0.25) is 5.02 Å². The zero-order valence-electron chi connectivity index (χ0n) is 25.5. The molecule has 0 aromatic heterocycles. The number of hydrogen-bond acceptors (Lipinski definition) is 4. The molecule has 0 bridgehead atoms. The highest BCUT2D eigenvalue weighted by Gasteiger charge is 2.35. The number of likely N-dealkylation sites (N-methyl/N-ethyl adjacent to an activating group) is 1. The molecule has 4 aromatic rings. The highest BCUT2D eigenvalue weighted by Crippen LogP contribution is 2.30. The molecule has 0 radical (unpaired) electrons. The molecule has 1 atom stereocenters. The average molecular weight is 632 g/mol. The fraction of sp³-hybridized carbons (Fsp3) is 0.257. The lowest BCUT2D eigenvalue weighted by Crippen LogP contribution is -2.53. The third-order valence-corrected chi connectivity index (χ3v) is 9.56. The van der Waals surface area contributed by atoms with Gasteiger partial charge in [-0.3, -0.25) is 13.9 Å². The molecule has 7 nitrogen and oxygen atoms in total. The van der Waals surface area contributed by atoms with Gasteiger partial charge in [0.25, 0.3) is 10.0 Å². The lowest BCUT2D eigenvalue weighted by Gasteiger charge is -2.34. The average Bonchev–Trinajstić information content (AvgIpc) is 3.00. The van der Waals surface area contributed by atoms with Crippen LogP contribution in [0.4, 0.5) is 5.69 Å². The van der Waals surface area contributed by atoms with E-state index in [1.165, 1.54) is 17.0 Å². The minimum absolute atomic E-state index is 0.0466. The molecule has 4 rings (SSSR count). The van der Waals surface area contributed by atoms with Crippen molar-refractivity contribution in [2.75, 3.05) is 17.4 Å². The van der Waals surface area contributed by atoms with E-state index in [0.717, 1.165) is 26.6 Å². The van der Waals surface area contributed by atoms with Gasteiger partial charge in [0.05, 0.1) is 10.6 Å². The summed E-state index contributed by atoms with van der Waals surface area (Å²) in [5, 5.41) is 3.22. The minimum atomic E-state index is -4.21. The van der Waals surface area contributed by atoms with Gasteiger partial charge in [0, 0.05) is 24.5 Å². The van der Waals surface area contributed by atoms with E-state index in [1.54, 1.807) is 37.3 Å². The Kier molecular flexibility index (Phi) is 10.8. The highest BCUT2D eigenvalue weighted by molar-refractivity contribution is 7.92. The maximum absolute atomic E-state index is 14.5. The highest BCUT2D eigenvalue weighted by atomic mass is 35.5. The van der Waals surface area contributed by atoms with Crippen LogP contribution in [0, 0.1) is 20.8 Å². The van der Waals surface area contributed by atoms with Crippen molar-refractivity contribution in [3.8, 4) is 0 Å². The number of halogens is 1.